The summed E-state index contributed by atoms with van der Waals surface area (Å²) in [6.45, 7) is 2.13. The third kappa shape index (κ3) is 6.24. The number of hydrogen-bond acceptors (Lipinski definition) is 9. The largest absolute Gasteiger partial charge is 0.493 e. The second-order valence-corrected chi connectivity index (χ2v) is 9.04. The maximum Gasteiger partial charge on any atom is 0.240 e. The minimum Gasteiger partial charge on any atom is -0.493 e. The van der Waals surface area contributed by atoms with Crippen molar-refractivity contribution in [1.29, 1.82) is 0 Å². The van der Waals surface area contributed by atoms with Gasteiger partial charge in [-0.3, -0.25) is 9.59 Å². The molecule has 2 aromatic rings. The summed E-state index contributed by atoms with van der Waals surface area (Å²) in [7, 11) is 3.06. The number of nitrogens with zero attached hydrogens (tertiary/aromatic N) is 2. The van der Waals surface area contributed by atoms with Crippen molar-refractivity contribution in [2.24, 2.45) is 10.2 Å². The Balaban J connectivity index is 1.28. The van der Waals surface area contributed by atoms with E-state index < -0.39 is 5.25 Å². The molecule has 2 aliphatic heterocycles. The molecule has 1 saturated heterocycles. The number of amides is 2. The van der Waals surface area contributed by atoms with Crippen LogP contribution in [-0.4, -0.2) is 49.0 Å². The molecule has 4 rings (SSSR count). The van der Waals surface area contributed by atoms with Crippen LogP contribution < -0.4 is 29.6 Å². The van der Waals surface area contributed by atoms with Crippen LogP contribution in [0.2, 0.25) is 0 Å². The van der Waals surface area contributed by atoms with Crippen LogP contribution in [0.5, 0.6) is 23.0 Å². The van der Waals surface area contributed by atoms with Crippen LogP contribution in [0.25, 0.3) is 0 Å². The Kier molecular flexibility index (Phi) is 7.76. The number of hydrogen-bond donors (Lipinski definition) is 2. The van der Waals surface area contributed by atoms with E-state index in [0.717, 1.165) is 29.2 Å². The number of fused-ring (bicyclic) bond motifs is 1. The second-order valence-electron chi connectivity index (χ2n) is 7.85. The van der Waals surface area contributed by atoms with Crippen LogP contribution in [0.15, 0.2) is 46.6 Å². The standard InChI is InChI=1S/C24H26N4O6S/c1-14(4-5-15-6-8-18-20(10-15)34-13-33-18)27-28-24-26-23(30)21(35-24)12-22(29)25-16-7-9-17(31-2)19(11-16)32-3/h6-11,21H,4-5,12-13H2,1-3H3,(H,25,29)(H,26,28,30)/b27-14+. The predicted molar refractivity (Wildman–Crippen MR) is 134 cm³/mol. The maximum atomic E-state index is 12.5. The van der Waals surface area contributed by atoms with Crippen molar-refractivity contribution in [3.8, 4) is 23.0 Å². The van der Waals surface area contributed by atoms with Crippen molar-refractivity contribution >= 4 is 40.1 Å². The Morgan fingerprint density at radius 2 is 1.94 bits per heavy atom. The van der Waals surface area contributed by atoms with Crippen LogP contribution in [0.4, 0.5) is 5.69 Å². The first-order valence-corrected chi connectivity index (χ1v) is 11.8. The van der Waals surface area contributed by atoms with Gasteiger partial charge < -0.3 is 29.6 Å². The highest BCUT2D eigenvalue weighted by molar-refractivity contribution is 8.15. The lowest BCUT2D eigenvalue weighted by Crippen LogP contribution is -2.28. The summed E-state index contributed by atoms with van der Waals surface area (Å²) in [5, 5.41) is 13.6. The molecule has 184 valence electrons. The Labute approximate surface area is 207 Å². The van der Waals surface area contributed by atoms with Gasteiger partial charge in [-0.25, -0.2) is 0 Å². The number of aryl methyl sites for hydroxylation is 1. The Morgan fingerprint density at radius 3 is 2.74 bits per heavy atom. The quantitative estimate of drug-likeness (QED) is 0.402. The normalized spacial score (nSPS) is 17.9. The highest BCUT2D eigenvalue weighted by Gasteiger charge is 2.32. The highest BCUT2D eigenvalue weighted by atomic mass is 32.2. The van der Waals surface area contributed by atoms with E-state index in [-0.39, 0.29) is 25.0 Å². The maximum absolute atomic E-state index is 12.5. The lowest BCUT2D eigenvalue weighted by atomic mass is 10.1. The average molecular weight is 499 g/mol. The molecule has 1 fully saturated rings. The fourth-order valence-corrected chi connectivity index (χ4v) is 4.40. The first-order valence-electron chi connectivity index (χ1n) is 10.9. The summed E-state index contributed by atoms with van der Waals surface area (Å²) in [6, 6.07) is 10.9. The third-order valence-electron chi connectivity index (χ3n) is 5.34. The Hall–Kier alpha value is -3.73. The lowest BCUT2D eigenvalue weighted by molar-refractivity contribution is -0.122. The SMILES string of the molecule is COc1ccc(NC(=O)CC2S/C(=N/N=C(\C)CCc3ccc4c(c3)OCO4)NC2=O)cc1OC. The van der Waals surface area contributed by atoms with Gasteiger partial charge >= 0.3 is 0 Å². The van der Waals surface area contributed by atoms with Gasteiger partial charge in [0.1, 0.15) is 5.25 Å². The molecule has 35 heavy (non-hydrogen) atoms. The number of carbonyl (C=O) groups is 2. The van der Waals surface area contributed by atoms with E-state index in [0.29, 0.717) is 28.8 Å². The lowest BCUT2D eigenvalue weighted by Gasteiger charge is -2.11. The summed E-state index contributed by atoms with van der Waals surface area (Å²) >= 11 is 1.19. The number of rotatable bonds is 9. The molecule has 1 atom stereocenters. The number of benzene rings is 2. The summed E-state index contributed by atoms with van der Waals surface area (Å²) in [6.07, 6.45) is 1.47. The molecule has 0 radical (unpaired) electrons. The molecule has 11 heteroatoms. The van der Waals surface area contributed by atoms with Gasteiger partial charge in [-0.15, -0.1) is 5.10 Å². The minimum atomic E-state index is -0.585. The highest BCUT2D eigenvalue weighted by Crippen LogP contribution is 2.33. The molecular weight excluding hydrogens is 472 g/mol. The Morgan fingerprint density at radius 1 is 1.14 bits per heavy atom. The van der Waals surface area contributed by atoms with E-state index in [1.54, 1.807) is 18.2 Å². The molecule has 1 unspecified atom stereocenters. The van der Waals surface area contributed by atoms with Crippen LogP contribution in [0.1, 0.15) is 25.3 Å². The van der Waals surface area contributed by atoms with Gasteiger partial charge in [-0.05, 0) is 49.6 Å². The van der Waals surface area contributed by atoms with Crippen molar-refractivity contribution in [2.75, 3.05) is 26.3 Å². The van der Waals surface area contributed by atoms with E-state index in [2.05, 4.69) is 20.8 Å². The molecule has 2 N–H and O–H groups in total. The molecule has 10 nitrogen and oxygen atoms in total. The average Bonchev–Trinajstić information content (AvgIpc) is 3.46. The third-order valence-corrected chi connectivity index (χ3v) is 6.41. The smallest absolute Gasteiger partial charge is 0.240 e. The van der Waals surface area contributed by atoms with Crippen LogP contribution in [0, 0.1) is 0 Å². The van der Waals surface area contributed by atoms with Gasteiger partial charge in [-0.2, -0.15) is 5.10 Å². The first-order chi connectivity index (χ1) is 16.9. The minimum absolute atomic E-state index is 0.00330. The molecule has 2 aliphatic rings. The molecule has 2 amide bonds. The molecule has 0 saturated carbocycles. The zero-order valence-corrected chi connectivity index (χ0v) is 20.4. The molecule has 2 heterocycles. The van der Waals surface area contributed by atoms with Gasteiger partial charge in [0.25, 0.3) is 0 Å². The van der Waals surface area contributed by atoms with Gasteiger partial charge in [0.2, 0.25) is 18.6 Å². The molecule has 2 aromatic carbocycles. The van der Waals surface area contributed by atoms with Gasteiger partial charge in [0, 0.05) is 23.9 Å². The zero-order chi connectivity index (χ0) is 24.8. The van der Waals surface area contributed by atoms with E-state index in [4.69, 9.17) is 18.9 Å². The first kappa shape index (κ1) is 24.4. The van der Waals surface area contributed by atoms with Crippen LogP contribution >= 0.6 is 11.8 Å². The fraction of sp³-hybridized carbons (Fsp3) is 0.333. The summed E-state index contributed by atoms with van der Waals surface area (Å²) < 4.78 is 21.2. The second kappa shape index (κ2) is 11.1. The number of ether oxygens (including phenoxy) is 4. The van der Waals surface area contributed by atoms with Crippen molar-refractivity contribution in [3.63, 3.8) is 0 Å². The van der Waals surface area contributed by atoms with Crippen molar-refractivity contribution in [2.45, 2.75) is 31.4 Å². The molecule has 0 spiro atoms. The van der Waals surface area contributed by atoms with E-state index >= 15 is 0 Å². The molecular formula is C24H26N4O6S. The molecule has 0 bridgehead atoms. The summed E-state index contributed by atoms with van der Waals surface area (Å²) in [4.78, 5) is 24.8. The van der Waals surface area contributed by atoms with Crippen molar-refractivity contribution in [1.82, 2.24) is 5.32 Å². The number of nitrogens with one attached hydrogen (secondary N) is 2. The summed E-state index contributed by atoms with van der Waals surface area (Å²) in [5.74, 6) is 2.00. The van der Waals surface area contributed by atoms with E-state index in [9.17, 15) is 9.59 Å². The topological polar surface area (TPSA) is 120 Å². The molecule has 0 aromatic heterocycles. The van der Waals surface area contributed by atoms with Crippen molar-refractivity contribution in [3.05, 3.63) is 42.0 Å². The van der Waals surface area contributed by atoms with E-state index in [1.165, 1.54) is 26.0 Å². The number of anilines is 1. The van der Waals surface area contributed by atoms with Crippen molar-refractivity contribution < 1.29 is 28.5 Å². The monoisotopic (exact) mass is 498 g/mol. The van der Waals surface area contributed by atoms with Gasteiger partial charge in [0.05, 0.1) is 14.2 Å². The fourth-order valence-electron chi connectivity index (χ4n) is 3.48. The van der Waals surface area contributed by atoms with Gasteiger partial charge in [-0.1, -0.05) is 17.8 Å². The van der Waals surface area contributed by atoms with Crippen LogP contribution in [0.3, 0.4) is 0 Å². The van der Waals surface area contributed by atoms with Gasteiger partial charge in [0.15, 0.2) is 28.2 Å². The number of thioether (sulfide) groups is 1. The predicted octanol–water partition coefficient (Wildman–Crippen LogP) is 3.36. The van der Waals surface area contributed by atoms with E-state index in [1.807, 2.05) is 25.1 Å². The summed E-state index contributed by atoms with van der Waals surface area (Å²) in [5.41, 5.74) is 2.48. The number of amidine groups is 1. The number of carbonyl (C=O) groups excluding carboxylic acids is 2. The number of methoxy groups -OCH3 is 2. The molecule has 0 aliphatic carbocycles. The Bertz CT molecular complexity index is 1180. The zero-order valence-electron chi connectivity index (χ0n) is 19.6. The van der Waals surface area contributed by atoms with Crippen LogP contribution in [-0.2, 0) is 16.0 Å².